The van der Waals surface area contributed by atoms with Crippen LogP contribution in [0.3, 0.4) is 0 Å². The zero-order chi connectivity index (χ0) is 24.4. The molecule has 0 aliphatic carbocycles. The van der Waals surface area contributed by atoms with Gasteiger partial charge in [-0.05, 0) is 55.0 Å². The third kappa shape index (κ3) is 4.80. The zero-order valence-electron chi connectivity index (χ0n) is 19.4. The minimum Gasteiger partial charge on any atom is -0.486 e. The van der Waals surface area contributed by atoms with Gasteiger partial charge in [0, 0.05) is 5.56 Å². The number of hydrogen-bond acceptors (Lipinski definition) is 4. The third-order valence-electron chi connectivity index (χ3n) is 5.89. The number of ether oxygens (including phenoxy) is 1. The summed E-state index contributed by atoms with van der Waals surface area (Å²) in [5.74, 6) is 0.743. The molecule has 5 rings (SSSR count). The number of furan rings is 1. The molecule has 0 fully saturated rings. The van der Waals surface area contributed by atoms with Gasteiger partial charge in [-0.1, -0.05) is 48.5 Å². The van der Waals surface area contributed by atoms with Crippen molar-refractivity contribution in [3.05, 3.63) is 113 Å². The number of halogens is 1. The van der Waals surface area contributed by atoms with Gasteiger partial charge in [-0.2, -0.15) is 5.10 Å². The van der Waals surface area contributed by atoms with Gasteiger partial charge < -0.3 is 14.5 Å². The Morgan fingerprint density at radius 2 is 1.77 bits per heavy atom. The average molecular weight is 470 g/mol. The second-order valence-electron chi connectivity index (χ2n) is 8.31. The molecule has 176 valence electrons. The first-order valence-corrected chi connectivity index (χ1v) is 11.3. The molecule has 7 heteroatoms. The van der Waals surface area contributed by atoms with Crippen LogP contribution in [0.25, 0.3) is 10.8 Å². The van der Waals surface area contributed by atoms with Crippen LogP contribution in [0.5, 0.6) is 5.75 Å². The van der Waals surface area contributed by atoms with Gasteiger partial charge in [0.05, 0.1) is 23.6 Å². The summed E-state index contributed by atoms with van der Waals surface area (Å²) < 4.78 is 27.3. The van der Waals surface area contributed by atoms with E-state index in [4.69, 9.17) is 9.15 Å². The van der Waals surface area contributed by atoms with Gasteiger partial charge in [-0.15, -0.1) is 0 Å². The molecular formula is C28H24FN3O3. The number of nitrogens with one attached hydrogen (secondary N) is 1. The van der Waals surface area contributed by atoms with Gasteiger partial charge in [0.2, 0.25) is 0 Å². The number of benzene rings is 3. The molecule has 0 radical (unpaired) electrons. The Morgan fingerprint density at radius 1 is 1.00 bits per heavy atom. The van der Waals surface area contributed by atoms with Gasteiger partial charge in [-0.25, -0.2) is 4.39 Å². The number of hydrogen-bond donors (Lipinski definition) is 1. The van der Waals surface area contributed by atoms with Crippen molar-refractivity contribution < 1.29 is 18.3 Å². The summed E-state index contributed by atoms with van der Waals surface area (Å²) in [7, 11) is 0. The molecule has 2 aromatic heterocycles. The molecule has 1 N–H and O–H groups in total. The highest BCUT2D eigenvalue weighted by Crippen LogP contribution is 2.24. The molecule has 0 unspecified atom stereocenters. The van der Waals surface area contributed by atoms with E-state index in [1.54, 1.807) is 41.9 Å². The standard InChI is InChI=1S/C28H24FN3O3/c1-18-27(19(2)32(31-18)16-22-9-5-6-10-25(22)29)30-28(33)26-14-13-24(35-26)17-34-23-12-11-20-7-3-4-8-21(20)15-23/h3-15H,16-17H2,1-2H3,(H,30,33). The molecule has 2 heterocycles. The molecule has 35 heavy (non-hydrogen) atoms. The molecule has 0 bridgehead atoms. The summed E-state index contributed by atoms with van der Waals surface area (Å²) in [5.41, 5.74) is 2.47. The van der Waals surface area contributed by atoms with E-state index in [-0.39, 0.29) is 24.7 Å². The Morgan fingerprint density at radius 3 is 2.60 bits per heavy atom. The van der Waals surface area contributed by atoms with Crippen LogP contribution in [0.4, 0.5) is 10.1 Å². The van der Waals surface area contributed by atoms with E-state index in [0.29, 0.717) is 22.7 Å². The van der Waals surface area contributed by atoms with Crippen LogP contribution in [-0.4, -0.2) is 15.7 Å². The van der Waals surface area contributed by atoms with Crippen molar-refractivity contribution in [3.8, 4) is 5.75 Å². The SMILES string of the molecule is Cc1nn(Cc2ccccc2F)c(C)c1NC(=O)c1ccc(COc2ccc3ccccc3c2)o1. The lowest BCUT2D eigenvalue weighted by molar-refractivity contribution is 0.0992. The van der Waals surface area contributed by atoms with Crippen LogP contribution in [0.2, 0.25) is 0 Å². The molecule has 0 saturated heterocycles. The minimum absolute atomic E-state index is 0.169. The largest absolute Gasteiger partial charge is 0.486 e. The Kier molecular flexibility index (Phi) is 6.06. The number of carbonyl (C=O) groups is 1. The van der Waals surface area contributed by atoms with Crippen molar-refractivity contribution in [3.63, 3.8) is 0 Å². The van der Waals surface area contributed by atoms with Gasteiger partial charge >= 0.3 is 0 Å². The summed E-state index contributed by atoms with van der Waals surface area (Å²) in [6.07, 6.45) is 0. The van der Waals surface area contributed by atoms with Crippen molar-refractivity contribution in [2.24, 2.45) is 0 Å². The molecule has 0 saturated carbocycles. The van der Waals surface area contributed by atoms with Gasteiger partial charge in [-0.3, -0.25) is 9.48 Å². The molecule has 1 amide bonds. The minimum atomic E-state index is -0.390. The number of amides is 1. The van der Waals surface area contributed by atoms with E-state index in [1.165, 1.54) is 6.07 Å². The van der Waals surface area contributed by atoms with Crippen LogP contribution in [0, 0.1) is 19.7 Å². The van der Waals surface area contributed by atoms with Gasteiger partial charge in [0.25, 0.3) is 5.91 Å². The molecular weight excluding hydrogens is 445 g/mol. The number of aromatic nitrogens is 2. The summed E-state index contributed by atoms with van der Waals surface area (Å²) in [6, 6.07) is 23.8. The summed E-state index contributed by atoms with van der Waals surface area (Å²) >= 11 is 0. The average Bonchev–Trinajstić information content (AvgIpc) is 3.44. The highest BCUT2D eigenvalue weighted by molar-refractivity contribution is 6.03. The highest BCUT2D eigenvalue weighted by atomic mass is 19.1. The van der Waals surface area contributed by atoms with Crippen LogP contribution < -0.4 is 10.1 Å². The van der Waals surface area contributed by atoms with E-state index >= 15 is 0 Å². The first-order valence-electron chi connectivity index (χ1n) is 11.3. The fraction of sp³-hybridized carbons (Fsp3) is 0.143. The molecule has 0 aliphatic heterocycles. The van der Waals surface area contributed by atoms with Crippen molar-refractivity contribution in [2.75, 3.05) is 5.32 Å². The highest BCUT2D eigenvalue weighted by Gasteiger charge is 2.18. The van der Waals surface area contributed by atoms with E-state index in [1.807, 2.05) is 49.4 Å². The zero-order valence-corrected chi connectivity index (χ0v) is 19.4. The van der Waals surface area contributed by atoms with E-state index < -0.39 is 5.91 Å². The third-order valence-corrected chi connectivity index (χ3v) is 5.89. The molecule has 3 aromatic carbocycles. The molecule has 6 nitrogen and oxygen atoms in total. The van der Waals surface area contributed by atoms with Crippen molar-refractivity contribution in [1.29, 1.82) is 0 Å². The van der Waals surface area contributed by atoms with Crippen molar-refractivity contribution in [1.82, 2.24) is 9.78 Å². The molecule has 0 atom stereocenters. The second kappa shape index (κ2) is 9.46. The second-order valence-corrected chi connectivity index (χ2v) is 8.31. The smallest absolute Gasteiger partial charge is 0.291 e. The fourth-order valence-corrected chi connectivity index (χ4v) is 3.98. The van der Waals surface area contributed by atoms with E-state index in [0.717, 1.165) is 22.2 Å². The lowest BCUT2D eigenvalue weighted by atomic mass is 10.1. The van der Waals surface area contributed by atoms with Crippen molar-refractivity contribution in [2.45, 2.75) is 27.0 Å². The lowest BCUT2D eigenvalue weighted by Crippen LogP contribution is -2.12. The van der Waals surface area contributed by atoms with E-state index in [2.05, 4.69) is 10.4 Å². The topological polar surface area (TPSA) is 69.3 Å². The maximum atomic E-state index is 14.1. The number of aryl methyl sites for hydroxylation is 1. The van der Waals surface area contributed by atoms with Crippen LogP contribution >= 0.6 is 0 Å². The summed E-state index contributed by atoms with van der Waals surface area (Å²) in [5, 5.41) is 9.57. The maximum Gasteiger partial charge on any atom is 0.291 e. The first-order chi connectivity index (χ1) is 17.0. The molecule has 0 aliphatic rings. The Balaban J connectivity index is 1.25. The summed E-state index contributed by atoms with van der Waals surface area (Å²) in [4.78, 5) is 12.8. The number of anilines is 1. The quantitative estimate of drug-likeness (QED) is 0.305. The fourth-order valence-electron chi connectivity index (χ4n) is 3.98. The van der Waals surface area contributed by atoms with Gasteiger partial charge in [0.1, 0.15) is 23.9 Å². The monoisotopic (exact) mass is 469 g/mol. The first kappa shape index (κ1) is 22.4. The maximum absolute atomic E-state index is 14.1. The Labute approximate surface area is 202 Å². The van der Waals surface area contributed by atoms with Crippen molar-refractivity contribution >= 4 is 22.4 Å². The number of rotatable bonds is 7. The molecule has 5 aromatic rings. The van der Waals surface area contributed by atoms with Crippen LogP contribution in [0.15, 0.2) is 83.3 Å². The van der Waals surface area contributed by atoms with E-state index in [9.17, 15) is 9.18 Å². The predicted octanol–water partition coefficient (Wildman–Crippen LogP) is 6.26. The predicted molar refractivity (Wildman–Crippen MR) is 132 cm³/mol. The summed E-state index contributed by atoms with van der Waals surface area (Å²) in [6.45, 7) is 4.10. The lowest BCUT2D eigenvalue weighted by Gasteiger charge is -2.07. The Hall–Kier alpha value is -4.39. The number of nitrogens with zero attached hydrogens (tertiary/aromatic N) is 2. The normalized spacial score (nSPS) is 11.1. The number of fused-ring (bicyclic) bond motifs is 1. The molecule has 0 spiro atoms. The Bertz CT molecular complexity index is 1520. The van der Waals surface area contributed by atoms with Gasteiger partial charge in [0.15, 0.2) is 5.76 Å². The van der Waals surface area contributed by atoms with Crippen LogP contribution in [0.1, 0.15) is 33.3 Å². The number of carbonyl (C=O) groups excluding carboxylic acids is 1. The van der Waals surface area contributed by atoms with Crippen LogP contribution in [-0.2, 0) is 13.2 Å².